The van der Waals surface area contributed by atoms with E-state index in [-0.39, 0.29) is 29.9 Å². The molecule has 0 aliphatic carbocycles. The summed E-state index contributed by atoms with van der Waals surface area (Å²) < 4.78 is 0. The lowest BCUT2D eigenvalue weighted by Gasteiger charge is -2.11. The second-order valence-electron chi connectivity index (χ2n) is 4.35. The van der Waals surface area contributed by atoms with Crippen molar-refractivity contribution in [2.24, 2.45) is 4.99 Å². The third-order valence-corrected chi connectivity index (χ3v) is 3.57. The fourth-order valence-corrected chi connectivity index (χ4v) is 2.49. The summed E-state index contributed by atoms with van der Waals surface area (Å²) in [5, 5.41) is 10.2. The molecule has 0 spiro atoms. The molecular weight excluding hydrogens is 401 g/mol. The zero-order valence-corrected chi connectivity index (χ0v) is 16.1. The van der Waals surface area contributed by atoms with Crippen molar-refractivity contribution in [2.45, 2.75) is 34.2 Å². The van der Waals surface area contributed by atoms with Gasteiger partial charge in [0.1, 0.15) is 0 Å². The molecular formula is C13H24IN5OS. The van der Waals surface area contributed by atoms with Crippen LogP contribution in [0.1, 0.15) is 29.4 Å². The maximum Gasteiger partial charge on any atom is 0.216 e. The van der Waals surface area contributed by atoms with Crippen molar-refractivity contribution in [3.8, 4) is 0 Å². The lowest BCUT2D eigenvalue weighted by atomic mass is 10.4. The fourth-order valence-electron chi connectivity index (χ4n) is 1.63. The maximum atomic E-state index is 10.8. The summed E-state index contributed by atoms with van der Waals surface area (Å²) in [7, 11) is 0. The van der Waals surface area contributed by atoms with E-state index in [9.17, 15) is 4.79 Å². The van der Waals surface area contributed by atoms with Crippen LogP contribution in [0.25, 0.3) is 0 Å². The van der Waals surface area contributed by atoms with Crippen molar-refractivity contribution in [3.05, 3.63) is 15.6 Å². The van der Waals surface area contributed by atoms with Crippen LogP contribution in [0.4, 0.5) is 0 Å². The number of nitrogens with zero attached hydrogens (tertiary/aromatic N) is 2. The van der Waals surface area contributed by atoms with Crippen LogP contribution in [0.3, 0.4) is 0 Å². The Morgan fingerprint density at radius 2 is 1.90 bits per heavy atom. The first kappa shape index (κ1) is 20.1. The van der Waals surface area contributed by atoms with Gasteiger partial charge >= 0.3 is 0 Å². The highest BCUT2D eigenvalue weighted by Crippen LogP contribution is 2.17. The van der Waals surface area contributed by atoms with E-state index in [0.29, 0.717) is 19.6 Å². The minimum absolute atomic E-state index is 0. The van der Waals surface area contributed by atoms with Crippen LogP contribution in [0.2, 0.25) is 0 Å². The number of hydrogen-bond donors (Lipinski definition) is 3. The minimum Gasteiger partial charge on any atom is -0.357 e. The van der Waals surface area contributed by atoms with Crippen molar-refractivity contribution in [1.29, 1.82) is 0 Å². The number of nitrogens with one attached hydrogen (secondary N) is 3. The quantitative estimate of drug-likeness (QED) is 0.280. The normalized spacial score (nSPS) is 10.8. The molecule has 1 heterocycles. The summed E-state index contributed by atoms with van der Waals surface area (Å²) in [4.78, 5) is 20.9. The van der Waals surface area contributed by atoms with Gasteiger partial charge in [-0.1, -0.05) is 0 Å². The first-order chi connectivity index (χ1) is 9.52. The Balaban J connectivity index is 0.00000400. The number of aromatic nitrogens is 1. The van der Waals surface area contributed by atoms with E-state index >= 15 is 0 Å². The molecule has 0 saturated carbocycles. The zero-order chi connectivity index (χ0) is 15.0. The maximum absolute atomic E-state index is 10.8. The highest BCUT2D eigenvalue weighted by Gasteiger charge is 2.04. The van der Waals surface area contributed by atoms with E-state index in [1.165, 1.54) is 11.8 Å². The standard InChI is InChI=1S/C13H23N5OS.HI/c1-5-14-13(16-7-6-15-10(3)19)17-8-12-9(2)18-11(4)20-12;/h5-8H2,1-4H3,(H,15,19)(H2,14,16,17);1H. The van der Waals surface area contributed by atoms with Crippen LogP contribution >= 0.6 is 35.3 Å². The number of guanidine groups is 1. The summed E-state index contributed by atoms with van der Waals surface area (Å²) in [5.41, 5.74) is 1.05. The topological polar surface area (TPSA) is 78.4 Å². The summed E-state index contributed by atoms with van der Waals surface area (Å²) in [6.45, 7) is 10.2. The number of hydrogen-bond acceptors (Lipinski definition) is 4. The second kappa shape index (κ2) is 10.8. The van der Waals surface area contributed by atoms with Gasteiger partial charge in [-0.25, -0.2) is 9.98 Å². The van der Waals surface area contributed by atoms with Gasteiger partial charge in [0.25, 0.3) is 0 Å². The van der Waals surface area contributed by atoms with E-state index in [1.54, 1.807) is 11.3 Å². The summed E-state index contributed by atoms with van der Waals surface area (Å²) >= 11 is 1.68. The van der Waals surface area contributed by atoms with Crippen LogP contribution in [-0.2, 0) is 11.3 Å². The van der Waals surface area contributed by atoms with Gasteiger partial charge in [-0.05, 0) is 20.8 Å². The summed E-state index contributed by atoms with van der Waals surface area (Å²) in [6, 6.07) is 0. The van der Waals surface area contributed by atoms with E-state index in [1.807, 2.05) is 20.8 Å². The van der Waals surface area contributed by atoms with Gasteiger partial charge in [0, 0.05) is 31.4 Å². The fraction of sp³-hybridized carbons (Fsp3) is 0.615. The van der Waals surface area contributed by atoms with Crippen LogP contribution in [0, 0.1) is 13.8 Å². The van der Waals surface area contributed by atoms with Gasteiger partial charge in [-0.15, -0.1) is 35.3 Å². The van der Waals surface area contributed by atoms with Gasteiger partial charge in [0.2, 0.25) is 5.91 Å². The molecule has 0 fully saturated rings. The number of thiazole rings is 1. The molecule has 0 aliphatic heterocycles. The third-order valence-electron chi connectivity index (χ3n) is 2.52. The number of aryl methyl sites for hydroxylation is 2. The highest BCUT2D eigenvalue weighted by molar-refractivity contribution is 14.0. The van der Waals surface area contributed by atoms with Gasteiger partial charge in [0.05, 0.1) is 17.2 Å². The van der Waals surface area contributed by atoms with Gasteiger partial charge in [-0.3, -0.25) is 4.79 Å². The molecule has 0 aromatic carbocycles. The van der Waals surface area contributed by atoms with Crippen LogP contribution < -0.4 is 16.0 Å². The van der Waals surface area contributed by atoms with Crippen molar-refractivity contribution in [2.75, 3.05) is 19.6 Å². The molecule has 0 bridgehead atoms. The lowest BCUT2D eigenvalue weighted by Crippen LogP contribution is -2.41. The molecule has 3 N–H and O–H groups in total. The van der Waals surface area contributed by atoms with Crippen molar-refractivity contribution < 1.29 is 4.79 Å². The number of amides is 1. The molecule has 8 heteroatoms. The number of halogens is 1. The average molecular weight is 425 g/mol. The Kier molecular flexibility index (Phi) is 10.3. The Hall–Kier alpha value is -0.900. The van der Waals surface area contributed by atoms with Crippen LogP contribution in [-0.4, -0.2) is 36.5 Å². The van der Waals surface area contributed by atoms with Gasteiger partial charge in [0.15, 0.2) is 5.96 Å². The molecule has 1 aromatic heterocycles. The SMILES string of the molecule is CCNC(=NCc1sc(C)nc1C)NCCNC(C)=O.I. The molecule has 0 aliphatic rings. The Morgan fingerprint density at radius 1 is 1.24 bits per heavy atom. The van der Waals surface area contributed by atoms with Crippen LogP contribution in [0.15, 0.2) is 4.99 Å². The van der Waals surface area contributed by atoms with Gasteiger partial charge in [-0.2, -0.15) is 0 Å². The molecule has 1 aromatic rings. The minimum atomic E-state index is -0.0236. The average Bonchev–Trinajstić information content (AvgIpc) is 2.69. The molecule has 0 unspecified atom stereocenters. The highest BCUT2D eigenvalue weighted by atomic mass is 127. The van der Waals surface area contributed by atoms with Crippen molar-refractivity contribution >= 4 is 47.2 Å². The van der Waals surface area contributed by atoms with Crippen molar-refractivity contribution in [3.63, 3.8) is 0 Å². The molecule has 120 valence electrons. The first-order valence-corrected chi connectivity index (χ1v) is 7.54. The predicted octanol–water partition coefficient (Wildman–Crippen LogP) is 1.57. The van der Waals surface area contributed by atoms with Gasteiger partial charge < -0.3 is 16.0 Å². The Morgan fingerprint density at radius 3 is 2.43 bits per heavy atom. The third kappa shape index (κ3) is 8.20. The molecule has 21 heavy (non-hydrogen) atoms. The number of carbonyl (C=O) groups is 1. The molecule has 1 rings (SSSR count). The number of rotatable bonds is 6. The second-order valence-corrected chi connectivity index (χ2v) is 5.63. The molecule has 0 saturated heterocycles. The van der Waals surface area contributed by atoms with E-state index < -0.39 is 0 Å². The Bertz CT molecular complexity index is 475. The summed E-state index contributed by atoms with van der Waals surface area (Å²) in [6.07, 6.45) is 0. The van der Waals surface area contributed by atoms with E-state index in [2.05, 4.69) is 25.9 Å². The summed E-state index contributed by atoms with van der Waals surface area (Å²) in [5.74, 6) is 0.729. The van der Waals surface area contributed by atoms with Crippen LogP contribution in [0.5, 0.6) is 0 Å². The zero-order valence-electron chi connectivity index (χ0n) is 12.9. The molecule has 0 radical (unpaired) electrons. The Labute approximate surface area is 147 Å². The largest absolute Gasteiger partial charge is 0.357 e. The monoisotopic (exact) mass is 425 g/mol. The van der Waals surface area contributed by atoms with E-state index in [4.69, 9.17) is 0 Å². The number of carbonyl (C=O) groups excluding carboxylic acids is 1. The van der Waals surface area contributed by atoms with E-state index in [0.717, 1.165) is 23.2 Å². The predicted molar refractivity (Wildman–Crippen MR) is 98.5 cm³/mol. The first-order valence-electron chi connectivity index (χ1n) is 6.72. The molecule has 0 atom stereocenters. The lowest BCUT2D eigenvalue weighted by molar-refractivity contribution is -0.118. The van der Waals surface area contributed by atoms with Crippen molar-refractivity contribution in [1.82, 2.24) is 20.9 Å². The molecule has 6 nitrogen and oxygen atoms in total. The number of aliphatic imine (C=N–C) groups is 1. The molecule has 1 amide bonds. The smallest absolute Gasteiger partial charge is 0.216 e.